The van der Waals surface area contributed by atoms with Crippen molar-refractivity contribution in [2.45, 2.75) is 20.8 Å². The number of nitrogens with one attached hydrogen (secondary N) is 1. The topological polar surface area (TPSA) is 55.1 Å². The summed E-state index contributed by atoms with van der Waals surface area (Å²) in [5.74, 6) is -0.0758. The highest BCUT2D eigenvalue weighted by molar-refractivity contribution is 5.90. The van der Waals surface area contributed by atoms with Gasteiger partial charge in [-0.3, -0.25) is 4.79 Å². The highest BCUT2D eigenvalue weighted by atomic mass is 16.1. The van der Waals surface area contributed by atoms with Crippen LogP contribution in [-0.4, -0.2) is 5.91 Å². The minimum absolute atomic E-state index is 0.0758. The molecule has 0 aliphatic rings. The average molecular weight is 178 g/mol. The third-order valence-electron chi connectivity index (χ3n) is 2.00. The van der Waals surface area contributed by atoms with E-state index in [0.717, 1.165) is 16.8 Å². The summed E-state index contributed by atoms with van der Waals surface area (Å²) >= 11 is 0. The summed E-state index contributed by atoms with van der Waals surface area (Å²) in [5, 5.41) is 2.74. The van der Waals surface area contributed by atoms with Crippen molar-refractivity contribution < 1.29 is 4.79 Å². The Kier molecular flexibility index (Phi) is 2.56. The number of aryl methyl sites for hydroxylation is 1. The maximum Gasteiger partial charge on any atom is 0.221 e. The maximum absolute atomic E-state index is 10.8. The Morgan fingerprint density at radius 2 is 2.00 bits per heavy atom. The number of hydrogen-bond acceptors (Lipinski definition) is 2. The summed E-state index contributed by atoms with van der Waals surface area (Å²) in [5.41, 5.74) is 9.27. The van der Waals surface area contributed by atoms with Gasteiger partial charge >= 0.3 is 0 Å². The highest BCUT2D eigenvalue weighted by Crippen LogP contribution is 2.22. The molecule has 1 rings (SSSR count). The van der Waals surface area contributed by atoms with E-state index in [4.69, 9.17) is 5.73 Å². The molecule has 0 unspecified atom stereocenters. The summed E-state index contributed by atoms with van der Waals surface area (Å²) in [6.07, 6.45) is 0. The van der Waals surface area contributed by atoms with Crippen LogP contribution >= 0.6 is 0 Å². The van der Waals surface area contributed by atoms with Gasteiger partial charge in [0.2, 0.25) is 5.91 Å². The van der Waals surface area contributed by atoms with E-state index in [1.807, 2.05) is 19.9 Å². The predicted octanol–water partition coefficient (Wildman–Crippen LogP) is 1.84. The Morgan fingerprint density at radius 3 is 2.54 bits per heavy atom. The first-order chi connectivity index (χ1) is 6.00. The van der Waals surface area contributed by atoms with E-state index in [0.29, 0.717) is 5.69 Å². The van der Waals surface area contributed by atoms with E-state index in [9.17, 15) is 4.79 Å². The summed E-state index contributed by atoms with van der Waals surface area (Å²) in [4.78, 5) is 10.8. The molecule has 1 aromatic rings. The number of carbonyl (C=O) groups is 1. The van der Waals surface area contributed by atoms with E-state index in [1.54, 1.807) is 6.07 Å². The molecule has 1 amide bonds. The van der Waals surface area contributed by atoms with Gasteiger partial charge < -0.3 is 11.1 Å². The minimum atomic E-state index is -0.0758. The summed E-state index contributed by atoms with van der Waals surface area (Å²) < 4.78 is 0. The number of rotatable bonds is 1. The molecule has 3 N–H and O–H groups in total. The molecule has 0 saturated heterocycles. The lowest BCUT2D eigenvalue weighted by Gasteiger charge is -2.10. The predicted molar refractivity (Wildman–Crippen MR) is 54.6 cm³/mol. The van der Waals surface area contributed by atoms with Gasteiger partial charge in [0.25, 0.3) is 0 Å². The number of nitrogens with two attached hydrogens (primary N) is 1. The third-order valence-corrected chi connectivity index (χ3v) is 2.00. The number of hydrogen-bond donors (Lipinski definition) is 2. The Bertz CT molecular complexity index is 345. The van der Waals surface area contributed by atoms with Crippen molar-refractivity contribution in [2.24, 2.45) is 0 Å². The van der Waals surface area contributed by atoms with E-state index in [-0.39, 0.29) is 5.91 Å². The Labute approximate surface area is 77.9 Å². The van der Waals surface area contributed by atoms with Crippen LogP contribution in [0.2, 0.25) is 0 Å². The first-order valence-corrected chi connectivity index (χ1v) is 4.15. The molecule has 1 aromatic carbocycles. The number of nitrogen functional groups attached to an aromatic ring is 1. The molecule has 0 aromatic heterocycles. The van der Waals surface area contributed by atoms with Crippen molar-refractivity contribution in [3.63, 3.8) is 0 Å². The van der Waals surface area contributed by atoms with Gasteiger partial charge in [-0.25, -0.2) is 0 Å². The van der Waals surface area contributed by atoms with Gasteiger partial charge in [0.1, 0.15) is 0 Å². The van der Waals surface area contributed by atoms with E-state index < -0.39 is 0 Å². The molecule has 0 bridgehead atoms. The molecule has 3 nitrogen and oxygen atoms in total. The van der Waals surface area contributed by atoms with E-state index in [2.05, 4.69) is 5.32 Å². The SMILES string of the molecule is CC(=O)Nc1cc(N)cc(C)c1C. The first-order valence-electron chi connectivity index (χ1n) is 4.15. The molecule has 0 spiro atoms. The zero-order valence-corrected chi connectivity index (χ0v) is 8.14. The molecule has 0 fully saturated rings. The molecule has 0 heterocycles. The molecule has 3 heteroatoms. The van der Waals surface area contributed by atoms with Crippen LogP contribution in [0.25, 0.3) is 0 Å². The van der Waals surface area contributed by atoms with Crippen molar-refractivity contribution in [3.05, 3.63) is 23.3 Å². The quantitative estimate of drug-likeness (QED) is 0.645. The van der Waals surface area contributed by atoms with Crippen molar-refractivity contribution in [1.82, 2.24) is 0 Å². The van der Waals surface area contributed by atoms with Crippen LogP contribution in [0.5, 0.6) is 0 Å². The molecule has 0 aliphatic carbocycles. The lowest BCUT2D eigenvalue weighted by molar-refractivity contribution is -0.114. The fourth-order valence-corrected chi connectivity index (χ4v) is 1.21. The molecule has 0 saturated carbocycles. The van der Waals surface area contributed by atoms with Gasteiger partial charge in [-0.05, 0) is 37.1 Å². The minimum Gasteiger partial charge on any atom is -0.399 e. The standard InChI is InChI=1S/C10H14N2O/c1-6-4-9(11)5-10(7(6)2)12-8(3)13/h4-5H,11H2,1-3H3,(H,12,13). The zero-order chi connectivity index (χ0) is 10.0. The third kappa shape index (κ3) is 2.21. The first kappa shape index (κ1) is 9.58. The van der Waals surface area contributed by atoms with E-state index >= 15 is 0 Å². The van der Waals surface area contributed by atoms with Crippen LogP contribution in [0.4, 0.5) is 11.4 Å². The van der Waals surface area contributed by atoms with Crippen molar-refractivity contribution in [2.75, 3.05) is 11.1 Å². The summed E-state index contributed by atoms with van der Waals surface area (Å²) in [6, 6.07) is 3.66. The molecule has 0 aliphatic heterocycles. The summed E-state index contributed by atoms with van der Waals surface area (Å²) in [6.45, 7) is 5.41. The fraction of sp³-hybridized carbons (Fsp3) is 0.300. The number of benzene rings is 1. The van der Waals surface area contributed by atoms with Crippen LogP contribution < -0.4 is 11.1 Å². The van der Waals surface area contributed by atoms with Crippen LogP contribution in [-0.2, 0) is 4.79 Å². The lowest BCUT2D eigenvalue weighted by atomic mass is 10.1. The Balaban J connectivity index is 3.12. The molecule has 13 heavy (non-hydrogen) atoms. The smallest absolute Gasteiger partial charge is 0.221 e. The maximum atomic E-state index is 10.8. The number of carbonyl (C=O) groups excluding carboxylic acids is 1. The average Bonchev–Trinajstić information content (AvgIpc) is 1.98. The zero-order valence-electron chi connectivity index (χ0n) is 8.14. The highest BCUT2D eigenvalue weighted by Gasteiger charge is 2.03. The number of anilines is 2. The normalized spacial score (nSPS) is 9.77. The Morgan fingerprint density at radius 1 is 1.38 bits per heavy atom. The van der Waals surface area contributed by atoms with Crippen LogP contribution in [0.1, 0.15) is 18.1 Å². The number of amides is 1. The van der Waals surface area contributed by atoms with Gasteiger partial charge in [-0.15, -0.1) is 0 Å². The molecule has 0 atom stereocenters. The second-order valence-electron chi connectivity index (χ2n) is 3.19. The molecular formula is C10H14N2O. The van der Waals surface area contributed by atoms with Gasteiger partial charge in [0, 0.05) is 18.3 Å². The van der Waals surface area contributed by atoms with Crippen molar-refractivity contribution in [1.29, 1.82) is 0 Å². The van der Waals surface area contributed by atoms with Crippen LogP contribution in [0.3, 0.4) is 0 Å². The van der Waals surface area contributed by atoms with Crippen LogP contribution in [0.15, 0.2) is 12.1 Å². The monoisotopic (exact) mass is 178 g/mol. The second kappa shape index (κ2) is 3.47. The van der Waals surface area contributed by atoms with Crippen LogP contribution in [0, 0.1) is 13.8 Å². The second-order valence-corrected chi connectivity index (χ2v) is 3.19. The molecular weight excluding hydrogens is 164 g/mol. The summed E-state index contributed by atoms with van der Waals surface area (Å²) in [7, 11) is 0. The van der Waals surface area contributed by atoms with Gasteiger partial charge in [0.15, 0.2) is 0 Å². The largest absolute Gasteiger partial charge is 0.399 e. The van der Waals surface area contributed by atoms with E-state index in [1.165, 1.54) is 6.92 Å². The van der Waals surface area contributed by atoms with Crippen molar-refractivity contribution >= 4 is 17.3 Å². The molecule has 0 radical (unpaired) electrons. The van der Waals surface area contributed by atoms with Gasteiger partial charge in [-0.2, -0.15) is 0 Å². The fourth-order valence-electron chi connectivity index (χ4n) is 1.21. The molecule has 70 valence electrons. The van der Waals surface area contributed by atoms with Gasteiger partial charge in [-0.1, -0.05) is 0 Å². The van der Waals surface area contributed by atoms with Gasteiger partial charge in [0.05, 0.1) is 0 Å². The lowest BCUT2D eigenvalue weighted by Crippen LogP contribution is -2.08. The van der Waals surface area contributed by atoms with Crippen molar-refractivity contribution in [3.8, 4) is 0 Å². The Hall–Kier alpha value is -1.51.